The maximum atomic E-state index is 13.5. The second kappa shape index (κ2) is 9.92. The Labute approximate surface area is 187 Å². The Morgan fingerprint density at radius 3 is 2.47 bits per heavy atom. The van der Waals surface area contributed by atoms with Crippen LogP contribution in [0.25, 0.3) is 11.1 Å². The van der Waals surface area contributed by atoms with E-state index in [1.165, 1.54) is 19.2 Å². The molecule has 0 spiro atoms. The van der Waals surface area contributed by atoms with Gasteiger partial charge < -0.3 is 14.8 Å². The van der Waals surface area contributed by atoms with Crippen molar-refractivity contribution >= 4 is 5.97 Å². The lowest BCUT2D eigenvalue weighted by Crippen LogP contribution is -2.34. The first-order valence-corrected chi connectivity index (χ1v) is 10.7. The zero-order valence-corrected chi connectivity index (χ0v) is 18.3. The molecule has 0 bridgehead atoms. The lowest BCUT2D eigenvalue weighted by Gasteiger charge is -2.25. The summed E-state index contributed by atoms with van der Waals surface area (Å²) < 4.78 is 24.1. The fourth-order valence-electron chi connectivity index (χ4n) is 4.67. The Morgan fingerprint density at radius 1 is 1.03 bits per heavy atom. The second-order valence-corrected chi connectivity index (χ2v) is 8.03. The monoisotopic (exact) mass is 434 g/mol. The van der Waals surface area contributed by atoms with Gasteiger partial charge in [-0.3, -0.25) is 9.78 Å². The van der Waals surface area contributed by atoms with E-state index < -0.39 is 0 Å². The van der Waals surface area contributed by atoms with Crippen LogP contribution in [0.4, 0.5) is 4.39 Å². The molecule has 1 N–H and O–H groups in total. The number of pyridine rings is 1. The maximum Gasteiger partial charge on any atom is 0.309 e. The zero-order valence-electron chi connectivity index (χ0n) is 18.3. The van der Waals surface area contributed by atoms with Crippen LogP contribution in [0.15, 0.2) is 67.0 Å². The molecule has 1 aliphatic rings. The Morgan fingerprint density at radius 2 is 1.78 bits per heavy atom. The third-order valence-corrected chi connectivity index (χ3v) is 6.26. The highest BCUT2D eigenvalue weighted by Crippen LogP contribution is 2.41. The number of nitrogens with one attached hydrogen (secondary N) is 1. The van der Waals surface area contributed by atoms with Crippen LogP contribution in [0, 0.1) is 11.7 Å². The van der Waals surface area contributed by atoms with Gasteiger partial charge in [-0.05, 0) is 65.9 Å². The summed E-state index contributed by atoms with van der Waals surface area (Å²) in [5.74, 6) is -0.0500. The predicted molar refractivity (Wildman–Crippen MR) is 121 cm³/mol. The highest BCUT2D eigenvalue weighted by molar-refractivity contribution is 5.74. The van der Waals surface area contributed by atoms with Crippen molar-refractivity contribution in [2.24, 2.45) is 5.92 Å². The van der Waals surface area contributed by atoms with Crippen molar-refractivity contribution in [3.63, 3.8) is 0 Å². The highest BCUT2D eigenvalue weighted by Gasteiger charge is 2.41. The molecule has 0 radical (unpaired) electrons. The van der Waals surface area contributed by atoms with E-state index in [0.29, 0.717) is 6.54 Å². The minimum Gasteiger partial charge on any atom is -0.496 e. The molecular formula is C26H27FN2O3. The molecule has 166 valence electrons. The summed E-state index contributed by atoms with van der Waals surface area (Å²) in [4.78, 5) is 16.5. The number of halogens is 1. The van der Waals surface area contributed by atoms with Crippen LogP contribution < -0.4 is 10.1 Å². The molecule has 4 rings (SSSR count). The molecule has 1 aliphatic carbocycles. The number of benzene rings is 2. The Kier molecular flexibility index (Phi) is 6.81. The second-order valence-electron chi connectivity index (χ2n) is 8.03. The van der Waals surface area contributed by atoms with Gasteiger partial charge in [0.15, 0.2) is 0 Å². The van der Waals surface area contributed by atoms with Crippen molar-refractivity contribution in [1.29, 1.82) is 0 Å². The minimum atomic E-state index is -0.288. The molecule has 1 heterocycles. The molecule has 0 amide bonds. The first-order valence-electron chi connectivity index (χ1n) is 10.7. The molecule has 1 fully saturated rings. The normalized spacial score (nSPS) is 20.2. The van der Waals surface area contributed by atoms with E-state index in [0.717, 1.165) is 40.8 Å². The first-order chi connectivity index (χ1) is 15.6. The van der Waals surface area contributed by atoms with E-state index in [-0.39, 0.29) is 29.7 Å². The van der Waals surface area contributed by atoms with Crippen LogP contribution in [-0.4, -0.2) is 31.2 Å². The summed E-state index contributed by atoms with van der Waals surface area (Å²) in [6.07, 6.45) is 5.10. The van der Waals surface area contributed by atoms with Gasteiger partial charge in [0.2, 0.25) is 0 Å². The number of methoxy groups -OCH3 is 2. The summed E-state index contributed by atoms with van der Waals surface area (Å²) >= 11 is 0. The number of ether oxygens (including phenoxy) is 2. The van der Waals surface area contributed by atoms with Crippen molar-refractivity contribution in [2.45, 2.75) is 31.3 Å². The zero-order chi connectivity index (χ0) is 22.5. The summed E-state index contributed by atoms with van der Waals surface area (Å²) in [7, 11) is 3.08. The summed E-state index contributed by atoms with van der Waals surface area (Å²) in [5, 5.41) is 3.63. The van der Waals surface area contributed by atoms with Gasteiger partial charge in [0.05, 0.1) is 20.1 Å². The van der Waals surface area contributed by atoms with Crippen molar-refractivity contribution in [3.05, 3.63) is 83.9 Å². The quantitative estimate of drug-likeness (QED) is 0.545. The number of aromatic nitrogens is 1. The maximum absolute atomic E-state index is 13.5. The predicted octanol–water partition coefficient (Wildman–Crippen LogP) is 4.72. The standard InChI is InChI=1S/C26H27FN2O3/c1-31-24-10-5-19(17-11-13-28-14-12-17)15-20(24)16-29-23-9-8-22(26(30)32-2)25(23)18-3-6-21(27)7-4-18/h3-7,10-15,22-23,25,29H,8-9,16H2,1-2H3. The molecular weight excluding hydrogens is 407 g/mol. The molecule has 0 aliphatic heterocycles. The molecule has 0 saturated heterocycles. The summed E-state index contributed by atoms with van der Waals surface area (Å²) in [6, 6.07) is 16.5. The fraction of sp³-hybridized carbons (Fsp3) is 0.308. The van der Waals surface area contributed by atoms with Crippen molar-refractivity contribution < 1.29 is 18.7 Å². The molecule has 1 aromatic heterocycles. The van der Waals surface area contributed by atoms with Crippen LogP contribution in [0.5, 0.6) is 5.75 Å². The van der Waals surface area contributed by atoms with Gasteiger partial charge in [0.25, 0.3) is 0 Å². The van der Waals surface area contributed by atoms with Gasteiger partial charge in [-0.25, -0.2) is 4.39 Å². The van der Waals surface area contributed by atoms with Crippen molar-refractivity contribution in [1.82, 2.24) is 10.3 Å². The van der Waals surface area contributed by atoms with Gasteiger partial charge in [0, 0.05) is 36.5 Å². The average Bonchev–Trinajstić information content (AvgIpc) is 3.27. The number of hydrogen-bond acceptors (Lipinski definition) is 5. The van der Waals surface area contributed by atoms with Crippen LogP contribution in [-0.2, 0) is 16.1 Å². The molecule has 3 aromatic rings. The average molecular weight is 435 g/mol. The summed E-state index contributed by atoms with van der Waals surface area (Å²) in [5.41, 5.74) is 4.13. The number of carbonyl (C=O) groups excluding carboxylic acids is 1. The van der Waals surface area contributed by atoms with E-state index in [1.54, 1.807) is 31.6 Å². The van der Waals surface area contributed by atoms with Gasteiger partial charge in [0.1, 0.15) is 11.6 Å². The molecule has 5 nitrogen and oxygen atoms in total. The smallest absolute Gasteiger partial charge is 0.309 e. The first kappa shape index (κ1) is 22.0. The Bertz CT molecular complexity index is 1060. The third-order valence-electron chi connectivity index (χ3n) is 6.26. The van der Waals surface area contributed by atoms with Crippen molar-refractivity contribution in [2.75, 3.05) is 14.2 Å². The molecule has 3 atom stereocenters. The molecule has 1 saturated carbocycles. The molecule has 3 unspecified atom stereocenters. The Balaban J connectivity index is 1.57. The lowest BCUT2D eigenvalue weighted by molar-refractivity contribution is -0.145. The number of nitrogens with zero attached hydrogens (tertiary/aromatic N) is 1. The van der Waals surface area contributed by atoms with Gasteiger partial charge in [-0.1, -0.05) is 18.2 Å². The van der Waals surface area contributed by atoms with Gasteiger partial charge >= 0.3 is 5.97 Å². The fourth-order valence-corrected chi connectivity index (χ4v) is 4.67. The SMILES string of the molecule is COC(=O)C1CCC(NCc2cc(-c3ccncc3)ccc2OC)C1c1ccc(F)cc1. The largest absolute Gasteiger partial charge is 0.496 e. The molecule has 6 heteroatoms. The van der Waals surface area contributed by atoms with E-state index >= 15 is 0 Å². The topological polar surface area (TPSA) is 60.5 Å². The molecule has 2 aromatic carbocycles. The van der Waals surface area contributed by atoms with Crippen molar-refractivity contribution in [3.8, 4) is 16.9 Å². The van der Waals surface area contributed by atoms with E-state index in [1.807, 2.05) is 24.3 Å². The van der Waals surface area contributed by atoms with E-state index in [4.69, 9.17) is 9.47 Å². The lowest BCUT2D eigenvalue weighted by atomic mass is 9.86. The van der Waals surface area contributed by atoms with E-state index in [2.05, 4.69) is 16.4 Å². The number of rotatable bonds is 7. The van der Waals surface area contributed by atoms with Crippen LogP contribution in [0.2, 0.25) is 0 Å². The van der Waals surface area contributed by atoms with E-state index in [9.17, 15) is 9.18 Å². The number of esters is 1. The van der Waals surface area contributed by atoms with Gasteiger partial charge in [-0.2, -0.15) is 0 Å². The minimum absolute atomic E-state index is 0.0545. The van der Waals surface area contributed by atoms with Gasteiger partial charge in [-0.15, -0.1) is 0 Å². The van der Waals surface area contributed by atoms with Crippen LogP contribution in [0.1, 0.15) is 29.9 Å². The third kappa shape index (κ3) is 4.65. The Hall–Kier alpha value is -3.25. The highest BCUT2D eigenvalue weighted by atomic mass is 19.1. The van der Waals surface area contributed by atoms with Crippen LogP contribution >= 0.6 is 0 Å². The summed E-state index contributed by atoms with van der Waals surface area (Å²) in [6.45, 7) is 0.582. The molecule has 32 heavy (non-hydrogen) atoms. The van der Waals surface area contributed by atoms with Crippen LogP contribution in [0.3, 0.4) is 0 Å². The number of hydrogen-bond donors (Lipinski definition) is 1. The number of carbonyl (C=O) groups is 1.